The normalized spacial score (nSPS) is 20.7. The smallest absolute Gasteiger partial charge is 0.226 e. The summed E-state index contributed by atoms with van der Waals surface area (Å²) in [5.74, 6) is 3.49. The minimum atomic E-state index is 0. The Bertz CT molecular complexity index is 474. The Morgan fingerprint density at radius 3 is 2.73 bits per heavy atom. The van der Waals surface area contributed by atoms with Gasteiger partial charge in [-0.05, 0) is 25.7 Å². The first kappa shape index (κ1) is 19.2. The van der Waals surface area contributed by atoms with Crippen LogP contribution in [0.1, 0.15) is 58.2 Å². The minimum absolute atomic E-state index is 0. The highest BCUT2D eigenvalue weighted by atomic mass is 127. The Kier molecular flexibility index (Phi) is 8.13. The summed E-state index contributed by atoms with van der Waals surface area (Å²) >= 11 is 0. The van der Waals surface area contributed by atoms with Crippen molar-refractivity contribution in [1.82, 2.24) is 20.8 Å². The van der Waals surface area contributed by atoms with Crippen LogP contribution in [0.15, 0.2) is 9.52 Å². The molecule has 0 aromatic carbocycles. The van der Waals surface area contributed by atoms with Crippen molar-refractivity contribution in [2.24, 2.45) is 10.9 Å². The number of hydrogen-bond acceptors (Lipinski definition) is 4. The second kappa shape index (κ2) is 9.32. The van der Waals surface area contributed by atoms with Crippen molar-refractivity contribution in [3.05, 3.63) is 11.7 Å². The van der Waals surface area contributed by atoms with Crippen LogP contribution >= 0.6 is 24.0 Å². The van der Waals surface area contributed by atoms with Gasteiger partial charge in [0.1, 0.15) is 0 Å². The van der Waals surface area contributed by atoms with Gasteiger partial charge in [0.15, 0.2) is 11.8 Å². The number of nitrogens with zero attached hydrogens (tertiary/aromatic N) is 3. The Hall–Kier alpha value is -0.860. The van der Waals surface area contributed by atoms with Crippen molar-refractivity contribution in [2.75, 3.05) is 13.1 Å². The van der Waals surface area contributed by atoms with Gasteiger partial charge in [0.25, 0.3) is 0 Å². The lowest BCUT2D eigenvalue weighted by Crippen LogP contribution is -2.39. The molecule has 1 aliphatic carbocycles. The van der Waals surface area contributed by atoms with Gasteiger partial charge in [-0.25, -0.2) is 0 Å². The van der Waals surface area contributed by atoms with E-state index in [1.54, 1.807) is 0 Å². The topological polar surface area (TPSA) is 75.3 Å². The fraction of sp³-hybridized carbons (Fsp3) is 0.800. The number of aliphatic imine (C=N–C) groups is 1. The van der Waals surface area contributed by atoms with E-state index in [0.29, 0.717) is 17.9 Å². The van der Waals surface area contributed by atoms with Crippen LogP contribution in [0.2, 0.25) is 0 Å². The Labute approximate surface area is 149 Å². The van der Waals surface area contributed by atoms with Crippen molar-refractivity contribution in [3.63, 3.8) is 0 Å². The highest BCUT2D eigenvalue weighted by molar-refractivity contribution is 14.0. The standard InChI is InChI=1S/C15H27N5O.HI/c1-5-16-15(18-12-9-11(12)4)17-8-6-7-13-19-14(10(2)3)20-21-13;/h10-12H,5-9H2,1-4H3,(H2,16,17,18);1H. The molecule has 7 heteroatoms. The number of aromatic nitrogens is 2. The minimum Gasteiger partial charge on any atom is -0.357 e. The molecule has 1 aromatic rings. The van der Waals surface area contributed by atoms with Crippen molar-refractivity contribution < 1.29 is 4.52 Å². The average molecular weight is 421 g/mol. The van der Waals surface area contributed by atoms with Gasteiger partial charge < -0.3 is 15.2 Å². The summed E-state index contributed by atoms with van der Waals surface area (Å²) in [6.45, 7) is 10.1. The Morgan fingerprint density at radius 2 is 2.18 bits per heavy atom. The van der Waals surface area contributed by atoms with E-state index in [1.807, 2.05) is 0 Å². The molecule has 0 aliphatic heterocycles. The van der Waals surface area contributed by atoms with Crippen molar-refractivity contribution in [1.29, 1.82) is 0 Å². The fourth-order valence-corrected chi connectivity index (χ4v) is 2.04. The molecule has 126 valence electrons. The summed E-state index contributed by atoms with van der Waals surface area (Å²) in [7, 11) is 0. The lowest BCUT2D eigenvalue weighted by molar-refractivity contribution is 0.369. The molecule has 0 spiro atoms. The highest BCUT2D eigenvalue weighted by Gasteiger charge is 2.33. The molecular formula is C15H28IN5O. The van der Waals surface area contributed by atoms with E-state index in [-0.39, 0.29) is 24.0 Å². The first-order valence-electron chi connectivity index (χ1n) is 7.97. The van der Waals surface area contributed by atoms with E-state index in [1.165, 1.54) is 6.42 Å². The number of nitrogens with one attached hydrogen (secondary N) is 2. The van der Waals surface area contributed by atoms with Gasteiger partial charge in [-0.15, -0.1) is 24.0 Å². The van der Waals surface area contributed by atoms with Gasteiger partial charge in [-0.1, -0.05) is 25.9 Å². The van der Waals surface area contributed by atoms with Gasteiger partial charge in [-0.3, -0.25) is 4.99 Å². The molecule has 1 aromatic heterocycles. The van der Waals surface area contributed by atoms with Gasteiger partial charge >= 0.3 is 0 Å². The largest absolute Gasteiger partial charge is 0.357 e. The molecule has 2 atom stereocenters. The van der Waals surface area contributed by atoms with Crippen LogP contribution in [0.25, 0.3) is 0 Å². The third-order valence-corrected chi connectivity index (χ3v) is 3.59. The molecule has 2 N–H and O–H groups in total. The maximum Gasteiger partial charge on any atom is 0.226 e. The molecule has 0 radical (unpaired) electrons. The van der Waals surface area contributed by atoms with Crippen LogP contribution in [-0.2, 0) is 6.42 Å². The Balaban J connectivity index is 0.00000242. The highest BCUT2D eigenvalue weighted by Crippen LogP contribution is 2.28. The van der Waals surface area contributed by atoms with E-state index in [9.17, 15) is 0 Å². The van der Waals surface area contributed by atoms with Crippen molar-refractivity contribution in [2.45, 2.75) is 58.9 Å². The number of guanidine groups is 1. The third-order valence-electron chi connectivity index (χ3n) is 3.59. The lowest BCUT2D eigenvalue weighted by Gasteiger charge is -2.10. The predicted molar refractivity (Wildman–Crippen MR) is 98.8 cm³/mol. The summed E-state index contributed by atoms with van der Waals surface area (Å²) < 4.78 is 5.23. The summed E-state index contributed by atoms with van der Waals surface area (Å²) in [6.07, 6.45) is 2.93. The molecule has 1 saturated carbocycles. The van der Waals surface area contributed by atoms with Gasteiger partial charge in [0.05, 0.1) is 0 Å². The predicted octanol–water partition coefficient (Wildman–Crippen LogP) is 2.71. The molecule has 22 heavy (non-hydrogen) atoms. The maximum atomic E-state index is 5.23. The molecule has 2 rings (SSSR count). The molecule has 2 unspecified atom stereocenters. The van der Waals surface area contributed by atoms with Gasteiger partial charge in [0, 0.05) is 31.5 Å². The quantitative estimate of drug-likeness (QED) is 0.307. The van der Waals surface area contributed by atoms with Crippen molar-refractivity contribution in [3.8, 4) is 0 Å². The molecule has 0 bridgehead atoms. The van der Waals surface area contributed by atoms with Crippen molar-refractivity contribution >= 4 is 29.9 Å². The first-order chi connectivity index (χ1) is 10.1. The summed E-state index contributed by atoms with van der Waals surface area (Å²) in [4.78, 5) is 8.96. The van der Waals surface area contributed by atoms with E-state index in [2.05, 4.69) is 53.5 Å². The summed E-state index contributed by atoms with van der Waals surface area (Å²) in [6, 6.07) is 0.590. The van der Waals surface area contributed by atoms with Crippen LogP contribution < -0.4 is 10.6 Å². The number of hydrogen-bond donors (Lipinski definition) is 2. The second-order valence-corrected chi connectivity index (χ2v) is 6.03. The second-order valence-electron chi connectivity index (χ2n) is 6.03. The zero-order chi connectivity index (χ0) is 15.2. The van der Waals surface area contributed by atoms with E-state index in [0.717, 1.165) is 43.6 Å². The average Bonchev–Trinajstić information content (AvgIpc) is 2.94. The third kappa shape index (κ3) is 6.10. The molecular weight excluding hydrogens is 393 g/mol. The SMILES string of the molecule is CCNC(=NCCCc1nc(C(C)C)no1)NC1CC1C.I. The monoisotopic (exact) mass is 421 g/mol. The fourth-order valence-electron chi connectivity index (χ4n) is 2.04. The number of aryl methyl sites for hydroxylation is 1. The molecule has 6 nitrogen and oxygen atoms in total. The lowest BCUT2D eigenvalue weighted by atomic mass is 10.2. The zero-order valence-corrected chi connectivity index (χ0v) is 16.3. The van der Waals surface area contributed by atoms with Crippen LogP contribution in [0.3, 0.4) is 0 Å². The summed E-state index contributed by atoms with van der Waals surface area (Å²) in [5, 5.41) is 10.7. The molecule has 0 saturated heterocycles. The molecule has 1 fully saturated rings. The van der Waals surface area contributed by atoms with E-state index in [4.69, 9.17) is 4.52 Å². The number of halogens is 1. The van der Waals surface area contributed by atoms with Gasteiger partial charge in [0.2, 0.25) is 5.89 Å². The van der Waals surface area contributed by atoms with E-state index >= 15 is 0 Å². The van der Waals surface area contributed by atoms with E-state index < -0.39 is 0 Å². The number of rotatable bonds is 7. The van der Waals surface area contributed by atoms with Crippen LogP contribution in [-0.4, -0.2) is 35.2 Å². The molecule has 1 heterocycles. The zero-order valence-electron chi connectivity index (χ0n) is 13.9. The van der Waals surface area contributed by atoms with Crippen LogP contribution in [0.5, 0.6) is 0 Å². The summed E-state index contributed by atoms with van der Waals surface area (Å²) in [5.41, 5.74) is 0. The van der Waals surface area contributed by atoms with Crippen LogP contribution in [0, 0.1) is 5.92 Å². The molecule has 0 amide bonds. The van der Waals surface area contributed by atoms with Gasteiger partial charge in [-0.2, -0.15) is 4.98 Å². The maximum absolute atomic E-state index is 5.23. The first-order valence-corrected chi connectivity index (χ1v) is 7.97. The van der Waals surface area contributed by atoms with Crippen LogP contribution in [0.4, 0.5) is 0 Å². The molecule has 1 aliphatic rings. The Morgan fingerprint density at radius 1 is 1.45 bits per heavy atom.